The van der Waals surface area contributed by atoms with Crippen molar-refractivity contribution >= 4 is 0 Å². The molecule has 1 aliphatic carbocycles. The van der Waals surface area contributed by atoms with E-state index in [1.54, 1.807) is 0 Å². The van der Waals surface area contributed by atoms with Gasteiger partial charge in [0.2, 0.25) is 0 Å². The Hall–Kier alpha value is -0.480. The van der Waals surface area contributed by atoms with Crippen LogP contribution < -0.4 is 5.73 Å². The van der Waals surface area contributed by atoms with Crippen LogP contribution >= 0.6 is 0 Å². The fourth-order valence-electron chi connectivity index (χ4n) is 1.02. The van der Waals surface area contributed by atoms with E-state index in [2.05, 4.69) is 5.92 Å². The molecule has 0 heterocycles. The topological polar surface area (TPSA) is 26.0 Å². The summed E-state index contributed by atoms with van der Waals surface area (Å²) in [5.41, 5.74) is 5.68. The molecule has 0 bridgehead atoms. The Morgan fingerprint density at radius 1 is 1.67 bits per heavy atom. The van der Waals surface area contributed by atoms with Gasteiger partial charge in [-0.25, -0.2) is 0 Å². The van der Waals surface area contributed by atoms with Crippen LogP contribution in [-0.2, 0) is 0 Å². The van der Waals surface area contributed by atoms with Crippen LogP contribution in [0.4, 0.5) is 0 Å². The largest absolute Gasteiger partial charge is 0.327 e. The van der Waals surface area contributed by atoms with Gasteiger partial charge in [0.1, 0.15) is 0 Å². The first-order valence-electron chi connectivity index (χ1n) is 3.52. The summed E-state index contributed by atoms with van der Waals surface area (Å²) in [4.78, 5) is 0. The molecule has 0 amide bonds. The summed E-state index contributed by atoms with van der Waals surface area (Å²) in [5, 5.41) is 0. The number of nitrogens with two attached hydrogens (primary N) is 1. The van der Waals surface area contributed by atoms with Crippen molar-refractivity contribution < 1.29 is 0 Å². The first kappa shape index (κ1) is 6.64. The van der Waals surface area contributed by atoms with Crippen LogP contribution in [0.15, 0.2) is 0 Å². The smallest absolute Gasteiger partial charge is 0.0238 e. The highest BCUT2D eigenvalue weighted by Gasteiger charge is 2.23. The molecule has 2 N–H and O–H groups in total. The Morgan fingerprint density at radius 2 is 2.33 bits per heavy atom. The minimum Gasteiger partial charge on any atom is -0.327 e. The summed E-state index contributed by atoms with van der Waals surface area (Å²) in [6, 6.07) is 0.266. The molecule has 9 heavy (non-hydrogen) atoms. The van der Waals surface area contributed by atoms with Gasteiger partial charge in [0.05, 0.1) is 0 Å². The van der Waals surface area contributed by atoms with Crippen molar-refractivity contribution in [3.63, 3.8) is 0 Å². The number of terminal acetylenes is 1. The summed E-state index contributed by atoms with van der Waals surface area (Å²) >= 11 is 0. The van der Waals surface area contributed by atoms with E-state index in [1.165, 1.54) is 12.8 Å². The summed E-state index contributed by atoms with van der Waals surface area (Å²) in [6.07, 6.45) is 9.73. The van der Waals surface area contributed by atoms with E-state index >= 15 is 0 Å². The van der Waals surface area contributed by atoms with Gasteiger partial charge in [0, 0.05) is 12.5 Å². The number of hydrogen-bond donors (Lipinski definition) is 1. The minimum atomic E-state index is 0.266. The molecule has 1 atom stereocenters. The molecule has 0 aromatic rings. The number of rotatable bonds is 3. The lowest BCUT2D eigenvalue weighted by Crippen LogP contribution is -2.19. The third kappa shape index (κ3) is 2.53. The van der Waals surface area contributed by atoms with Crippen molar-refractivity contribution in [3.05, 3.63) is 0 Å². The van der Waals surface area contributed by atoms with Gasteiger partial charge in [-0.05, 0) is 12.3 Å². The maximum absolute atomic E-state index is 5.68. The van der Waals surface area contributed by atoms with Gasteiger partial charge >= 0.3 is 0 Å². The summed E-state index contributed by atoms with van der Waals surface area (Å²) < 4.78 is 0. The Bertz CT molecular complexity index is 119. The van der Waals surface area contributed by atoms with Gasteiger partial charge in [-0.15, -0.1) is 12.3 Å². The van der Waals surface area contributed by atoms with Gasteiger partial charge in [0.25, 0.3) is 0 Å². The SMILES string of the molecule is C#CCC(N)CC1CC1. The fraction of sp³-hybridized carbons (Fsp3) is 0.750. The second-order valence-corrected chi connectivity index (χ2v) is 2.85. The second kappa shape index (κ2) is 2.89. The van der Waals surface area contributed by atoms with Crippen molar-refractivity contribution in [2.45, 2.75) is 31.7 Å². The van der Waals surface area contributed by atoms with Crippen LogP contribution in [0, 0.1) is 18.3 Å². The van der Waals surface area contributed by atoms with Gasteiger partial charge in [-0.3, -0.25) is 0 Å². The first-order chi connectivity index (χ1) is 4.33. The first-order valence-corrected chi connectivity index (χ1v) is 3.52. The van der Waals surface area contributed by atoms with E-state index in [4.69, 9.17) is 12.2 Å². The summed E-state index contributed by atoms with van der Waals surface area (Å²) in [7, 11) is 0. The number of hydrogen-bond acceptors (Lipinski definition) is 1. The zero-order valence-corrected chi connectivity index (χ0v) is 5.64. The van der Waals surface area contributed by atoms with E-state index in [9.17, 15) is 0 Å². The van der Waals surface area contributed by atoms with E-state index in [0.717, 1.165) is 18.8 Å². The maximum atomic E-state index is 5.68. The van der Waals surface area contributed by atoms with Gasteiger partial charge < -0.3 is 5.73 Å². The third-order valence-electron chi connectivity index (χ3n) is 1.71. The highest BCUT2D eigenvalue weighted by atomic mass is 14.6. The normalized spacial score (nSPS) is 20.9. The van der Waals surface area contributed by atoms with Gasteiger partial charge in [0.15, 0.2) is 0 Å². The van der Waals surface area contributed by atoms with E-state index < -0.39 is 0 Å². The van der Waals surface area contributed by atoms with Crippen molar-refractivity contribution in [2.75, 3.05) is 0 Å². The van der Waals surface area contributed by atoms with Crippen molar-refractivity contribution in [1.82, 2.24) is 0 Å². The highest BCUT2D eigenvalue weighted by Crippen LogP contribution is 2.33. The fourth-order valence-corrected chi connectivity index (χ4v) is 1.02. The molecule has 1 heteroatoms. The van der Waals surface area contributed by atoms with Crippen LogP contribution in [0.25, 0.3) is 0 Å². The Morgan fingerprint density at radius 3 is 2.78 bits per heavy atom. The lowest BCUT2D eigenvalue weighted by Gasteiger charge is -2.04. The Kier molecular flexibility index (Phi) is 2.13. The molecule has 0 radical (unpaired) electrons. The van der Waals surface area contributed by atoms with Crippen molar-refractivity contribution in [1.29, 1.82) is 0 Å². The molecule has 50 valence electrons. The molecule has 1 unspecified atom stereocenters. The lowest BCUT2D eigenvalue weighted by molar-refractivity contribution is 0.581. The molecule has 0 aromatic heterocycles. The minimum absolute atomic E-state index is 0.266. The van der Waals surface area contributed by atoms with Crippen LogP contribution in [0.3, 0.4) is 0 Å². The molecule has 1 nitrogen and oxygen atoms in total. The highest BCUT2D eigenvalue weighted by molar-refractivity contribution is 4.90. The molecule has 1 fully saturated rings. The van der Waals surface area contributed by atoms with Crippen molar-refractivity contribution in [2.24, 2.45) is 11.7 Å². The zero-order valence-electron chi connectivity index (χ0n) is 5.64. The molecule has 1 rings (SSSR count). The summed E-state index contributed by atoms with van der Waals surface area (Å²) in [5.74, 6) is 3.49. The third-order valence-corrected chi connectivity index (χ3v) is 1.71. The average Bonchev–Trinajstić information content (AvgIpc) is 2.50. The van der Waals surface area contributed by atoms with Crippen LogP contribution in [0.1, 0.15) is 25.7 Å². The molecular formula is C8H13N. The predicted octanol–water partition coefficient (Wildman–Crippen LogP) is 1.14. The molecular weight excluding hydrogens is 110 g/mol. The van der Waals surface area contributed by atoms with Crippen LogP contribution in [0.2, 0.25) is 0 Å². The van der Waals surface area contributed by atoms with Gasteiger partial charge in [-0.1, -0.05) is 12.8 Å². The van der Waals surface area contributed by atoms with Crippen LogP contribution in [-0.4, -0.2) is 6.04 Å². The monoisotopic (exact) mass is 123 g/mol. The quantitative estimate of drug-likeness (QED) is 0.559. The van der Waals surface area contributed by atoms with E-state index in [1.807, 2.05) is 0 Å². The molecule has 0 spiro atoms. The van der Waals surface area contributed by atoms with Gasteiger partial charge in [-0.2, -0.15) is 0 Å². The Balaban J connectivity index is 2.03. The van der Waals surface area contributed by atoms with Crippen LogP contribution in [0.5, 0.6) is 0 Å². The standard InChI is InChI=1S/C8H13N/c1-2-3-8(9)6-7-4-5-7/h1,7-8H,3-6,9H2. The van der Waals surface area contributed by atoms with Crippen molar-refractivity contribution in [3.8, 4) is 12.3 Å². The molecule has 1 saturated carbocycles. The summed E-state index contributed by atoms with van der Waals surface area (Å²) in [6.45, 7) is 0. The van der Waals surface area contributed by atoms with E-state index in [0.29, 0.717) is 0 Å². The molecule has 0 aromatic carbocycles. The zero-order chi connectivity index (χ0) is 6.69. The molecule has 1 aliphatic rings. The van der Waals surface area contributed by atoms with E-state index in [-0.39, 0.29) is 6.04 Å². The second-order valence-electron chi connectivity index (χ2n) is 2.85. The Labute approximate surface area is 56.6 Å². The molecule has 0 saturated heterocycles. The molecule has 0 aliphatic heterocycles. The predicted molar refractivity (Wildman–Crippen MR) is 38.8 cm³/mol. The lowest BCUT2D eigenvalue weighted by atomic mass is 10.1. The average molecular weight is 123 g/mol. The maximum Gasteiger partial charge on any atom is 0.0238 e.